The number of carboxylic acids is 1. The summed E-state index contributed by atoms with van der Waals surface area (Å²) in [6.07, 6.45) is 0.990. The van der Waals surface area contributed by atoms with Crippen molar-refractivity contribution in [2.45, 2.75) is 23.3 Å². The molecule has 0 bridgehead atoms. The molecule has 0 spiro atoms. The van der Waals surface area contributed by atoms with Crippen molar-refractivity contribution in [3.63, 3.8) is 0 Å². The van der Waals surface area contributed by atoms with Gasteiger partial charge in [-0.25, -0.2) is 4.79 Å². The lowest BCUT2D eigenvalue weighted by atomic mass is 9.92. The monoisotopic (exact) mass is 311 g/mol. The van der Waals surface area contributed by atoms with Crippen molar-refractivity contribution in [3.05, 3.63) is 30.3 Å². The molecule has 0 aliphatic carbocycles. The van der Waals surface area contributed by atoms with Crippen LogP contribution in [0.1, 0.15) is 12.8 Å². The maximum Gasteiger partial charge on any atom is 0.329 e. The molecule has 4 nitrogen and oxygen atoms in total. The molecule has 1 amide bonds. The molecule has 1 fully saturated rings. The first-order valence-electron chi connectivity index (χ1n) is 6.42. The second-order valence-corrected chi connectivity index (χ2v) is 6.92. The summed E-state index contributed by atoms with van der Waals surface area (Å²) in [7, 11) is 0. The molecular formula is C14H17NO3S2. The number of nitrogens with one attached hydrogen (secondary N) is 1. The number of thioether (sulfide) groups is 2. The predicted octanol–water partition coefficient (Wildman–Crippen LogP) is 2.25. The average molecular weight is 311 g/mol. The van der Waals surface area contributed by atoms with E-state index >= 15 is 0 Å². The van der Waals surface area contributed by atoms with Gasteiger partial charge < -0.3 is 10.4 Å². The third-order valence-corrected chi connectivity index (χ3v) is 5.25. The Morgan fingerprint density at radius 3 is 2.50 bits per heavy atom. The Morgan fingerprint density at radius 1 is 1.25 bits per heavy atom. The van der Waals surface area contributed by atoms with Gasteiger partial charge in [0.1, 0.15) is 5.54 Å². The molecule has 0 saturated carbocycles. The van der Waals surface area contributed by atoms with Gasteiger partial charge in [-0.05, 0) is 36.5 Å². The number of amides is 1. The smallest absolute Gasteiger partial charge is 0.329 e. The average Bonchev–Trinajstić information content (AvgIpc) is 2.47. The van der Waals surface area contributed by atoms with E-state index in [1.165, 1.54) is 11.8 Å². The molecule has 0 atom stereocenters. The minimum atomic E-state index is -1.07. The molecule has 0 unspecified atom stereocenters. The molecule has 1 heterocycles. The maximum absolute atomic E-state index is 12.0. The summed E-state index contributed by atoms with van der Waals surface area (Å²) in [6, 6.07) is 9.61. The Balaban J connectivity index is 1.90. The van der Waals surface area contributed by atoms with Crippen LogP contribution in [-0.4, -0.2) is 39.8 Å². The topological polar surface area (TPSA) is 66.4 Å². The van der Waals surface area contributed by atoms with Crippen molar-refractivity contribution in [2.24, 2.45) is 0 Å². The van der Waals surface area contributed by atoms with Crippen LogP contribution < -0.4 is 5.32 Å². The summed E-state index contributed by atoms with van der Waals surface area (Å²) in [6.45, 7) is 0. The van der Waals surface area contributed by atoms with Gasteiger partial charge in [0.25, 0.3) is 0 Å². The van der Waals surface area contributed by atoms with E-state index in [4.69, 9.17) is 0 Å². The summed E-state index contributed by atoms with van der Waals surface area (Å²) in [5.41, 5.74) is -1.07. The van der Waals surface area contributed by atoms with E-state index in [0.717, 1.165) is 16.4 Å². The Kier molecular flexibility index (Phi) is 5.37. The molecule has 1 saturated heterocycles. The van der Waals surface area contributed by atoms with Gasteiger partial charge in [-0.1, -0.05) is 18.2 Å². The summed E-state index contributed by atoms with van der Waals surface area (Å²) >= 11 is 3.15. The van der Waals surface area contributed by atoms with Crippen molar-refractivity contribution in [2.75, 3.05) is 17.3 Å². The molecule has 2 N–H and O–H groups in total. The van der Waals surface area contributed by atoms with Crippen LogP contribution >= 0.6 is 23.5 Å². The third kappa shape index (κ3) is 3.93. The van der Waals surface area contributed by atoms with Crippen LogP contribution in [-0.2, 0) is 9.59 Å². The highest BCUT2D eigenvalue weighted by molar-refractivity contribution is 8.00. The number of carbonyl (C=O) groups is 2. The zero-order valence-electron chi connectivity index (χ0n) is 11.0. The van der Waals surface area contributed by atoms with Gasteiger partial charge in [0.2, 0.25) is 5.91 Å². The SMILES string of the molecule is O=C(CSc1ccccc1)NC1(C(=O)O)CCSCC1. The van der Waals surface area contributed by atoms with Crippen LogP contribution in [0.3, 0.4) is 0 Å². The molecular weight excluding hydrogens is 294 g/mol. The number of rotatable bonds is 5. The van der Waals surface area contributed by atoms with E-state index in [-0.39, 0.29) is 11.7 Å². The Hall–Kier alpha value is -1.14. The molecule has 2 rings (SSSR count). The summed E-state index contributed by atoms with van der Waals surface area (Å²) in [5.74, 6) is 0.659. The highest BCUT2D eigenvalue weighted by atomic mass is 32.2. The molecule has 20 heavy (non-hydrogen) atoms. The first kappa shape index (κ1) is 15.3. The van der Waals surface area contributed by atoms with Crippen LogP contribution in [0.15, 0.2) is 35.2 Å². The predicted molar refractivity (Wildman–Crippen MR) is 82.2 cm³/mol. The molecule has 108 valence electrons. The minimum Gasteiger partial charge on any atom is -0.480 e. The second kappa shape index (κ2) is 7.04. The Morgan fingerprint density at radius 2 is 1.90 bits per heavy atom. The first-order chi connectivity index (χ1) is 9.62. The lowest BCUT2D eigenvalue weighted by Gasteiger charge is -2.33. The van der Waals surface area contributed by atoms with Gasteiger partial charge in [0.15, 0.2) is 0 Å². The van der Waals surface area contributed by atoms with Crippen molar-refractivity contribution in [1.29, 1.82) is 0 Å². The molecule has 0 aromatic heterocycles. The van der Waals surface area contributed by atoms with Gasteiger partial charge in [-0.3, -0.25) is 4.79 Å². The van der Waals surface area contributed by atoms with E-state index < -0.39 is 11.5 Å². The van der Waals surface area contributed by atoms with Crippen LogP contribution in [0, 0.1) is 0 Å². The van der Waals surface area contributed by atoms with Crippen molar-refractivity contribution < 1.29 is 14.7 Å². The van der Waals surface area contributed by atoms with Gasteiger partial charge in [0.05, 0.1) is 5.75 Å². The molecule has 0 radical (unpaired) electrons. The zero-order valence-corrected chi connectivity index (χ0v) is 12.6. The lowest BCUT2D eigenvalue weighted by molar-refractivity contribution is -0.147. The van der Waals surface area contributed by atoms with Gasteiger partial charge in [-0.15, -0.1) is 11.8 Å². The van der Waals surface area contributed by atoms with E-state index in [1.54, 1.807) is 11.8 Å². The third-order valence-electron chi connectivity index (χ3n) is 3.25. The fourth-order valence-electron chi connectivity index (χ4n) is 2.08. The van der Waals surface area contributed by atoms with E-state index in [0.29, 0.717) is 12.8 Å². The van der Waals surface area contributed by atoms with Gasteiger partial charge in [-0.2, -0.15) is 11.8 Å². The second-order valence-electron chi connectivity index (χ2n) is 4.65. The van der Waals surface area contributed by atoms with E-state index in [9.17, 15) is 14.7 Å². The standard InChI is InChI=1S/C14H17NO3S2/c16-12(10-20-11-4-2-1-3-5-11)15-14(13(17)18)6-8-19-9-7-14/h1-5H,6-10H2,(H,15,16)(H,17,18). The Bertz CT molecular complexity index is 473. The molecule has 1 aromatic rings. The highest BCUT2D eigenvalue weighted by Crippen LogP contribution is 2.27. The summed E-state index contributed by atoms with van der Waals surface area (Å²) in [5, 5.41) is 12.1. The number of hydrogen-bond donors (Lipinski definition) is 2. The van der Waals surface area contributed by atoms with Crippen molar-refractivity contribution in [3.8, 4) is 0 Å². The normalized spacial score (nSPS) is 17.4. The van der Waals surface area contributed by atoms with Crippen LogP contribution in [0.2, 0.25) is 0 Å². The number of aliphatic carboxylic acids is 1. The van der Waals surface area contributed by atoms with Gasteiger partial charge in [0, 0.05) is 4.90 Å². The first-order valence-corrected chi connectivity index (χ1v) is 8.56. The van der Waals surface area contributed by atoms with Crippen LogP contribution in [0.5, 0.6) is 0 Å². The lowest BCUT2D eigenvalue weighted by Crippen LogP contribution is -2.57. The minimum absolute atomic E-state index is 0.215. The Labute approximate surface area is 126 Å². The number of carboxylic acid groups (broad SMARTS) is 1. The maximum atomic E-state index is 12.0. The van der Waals surface area contributed by atoms with Crippen molar-refractivity contribution in [1.82, 2.24) is 5.32 Å². The largest absolute Gasteiger partial charge is 0.480 e. The van der Waals surface area contributed by atoms with Crippen LogP contribution in [0.4, 0.5) is 0 Å². The van der Waals surface area contributed by atoms with Gasteiger partial charge >= 0.3 is 5.97 Å². The fraction of sp³-hybridized carbons (Fsp3) is 0.429. The molecule has 6 heteroatoms. The number of hydrogen-bond acceptors (Lipinski definition) is 4. The molecule has 1 aliphatic heterocycles. The molecule has 1 aliphatic rings. The zero-order chi connectivity index (χ0) is 14.4. The van der Waals surface area contributed by atoms with E-state index in [1.807, 2.05) is 30.3 Å². The highest BCUT2D eigenvalue weighted by Gasteiger charge is 2.41. The number of benzene rings is 1. The van der Waals surface area contributed by atoms with E-state index in [2.05, 4.69) is 5.32 Å². The fourth-order valence-corrected chi connectivity index (χ4v) is 3.99. The number of carbonyl (C=O) groups excluding carboxylic acids is 1. The molecule has 1 aromatic carbocycles. The summed E-state index contributed by atoms with van der Waals surface area (Å²) in [4.78, 5) is 24.5. The van der Waals surface area contributed by atoms with Crippen LogP contribution in [0.25, 0.3) is 0 Å². The quantitative estimate of drug-likeness (QED) is 0.817. The summed E-state index contributed by atoms with van der Waals surface area (Å²) < 4.78 is 0. The van der Waals surface area contributed by atoms with Crippen molar-refractivity contribution >= 4 is 35.4 Å².